The summed E-state index contributed by atoms with van der Waals surface area (Å²) in [5.74, 6) is 0.727. The summed E-state index contributed by atoms with van der Waals surface area (Å²) in [6, 6.07) is 0.315. The Labute approximate surface area is 99.5 Å². The van der Waals surface area contributed by atoms with Gasteiger partial charge in [-0.3, -0.25) is 4.79 Å². The van der Waals surface area contributed by atoms with Gasteiger partial charge >= 0.3 is 0 Å². The number of aryl methyl sites for hydroxylation is 1. The number of nitrogen functional groups attached to an aromatic ring is 1. The van der Waals surface area contributed by atoms with Gasteiger partial charge in [0.05, 0.1) is 5.69 Å². The summed E-state index contributed by atoms with van der Waals surface area (Å²) in [7, 11) is 1.86. The molecular weight excluding hydrogens is 222 g/mol. The summed E-state index contributed by atoms with van der Waals surface area (Å²) < 4.78 is 0. The summed E-state index contributed by atoms with van der Waals surface area (Å²) in [6.45, 7) is 3.94. The highest BCUT2D eigenvalue weighted by atomic mass is 32.1. The van der Waals surface area contributed by atoms with E-state index in [9.17, 15) is 4.79 Å². The van der Waals surface area contributed by atoms with Crippen molar-refractivity contribution in [3.63, 3.8) is 0 Å². The fourth-order valence-electron chi connectivity index (χ4n) is 1.86. The molecule has 0 radical (unpaired) electrons. The van der Waals surface area contributed by atoms with Crippen molar-refractivity contribution in [3.8, 4) is 0 Å². The Hall–Kier alpha value is -1.10. The van der Waals surface area contributed by atoms with Gasteiger partial charge in [-0.2, -0.15) is 0 Å². The molecule has 1 aliphatic carbocycles. The molecule has 5 heteroatoms. The largest absolute Gasteiger partial charge is 0.375 e. The van der Waals surface area contributed by atoms with Crippen LogP contribution in [-0.4, -0.2) is 28.9 Å². The zero-order valence-electron chi connectivity index (χ0n) is 9.86. The zero-order valence-corrected chi connectivity index (χ0v) is 10.7. The first-order chi connectivity index (χ1) is 7.50. The third-order valence-electron chi connectivity index (χ3n) is 3.24. The lowest BCUT2D eigenvalue weighted by atomic mass is 10.2. The van der Waals surface area contributed by atoms with Crippen molar-refractivity contribution in [1.29, 1.82) is 0 Å². The van der Waals surface area contributed by atoms with E-state index in [0.717, 1.165) is 5.69 Å². The summed E-state index contributed by atoms with van der Waals surface area (Å²) in [5, 5.41) is 0.466. The van der Waals surface area contributed by atoms with Crippen molar-refractivity contribution in [2.75, 3.05) is 12.8 Å². The quantitative estimate of drug-likeness (QED) is 0.876. The first-order valence-corrected chi connectivity index (χ1v) is 6.32. The van der Waals surface area contributed by atoms with Crippen molar-refractivity contribution >= 4 is 22.4 Å². The van der Waals surface area contributed by atoms with Crippen molar-refractivity contribution < 1.29 is 4.79 Å². The van der Waals surface area contributed by atoms with E-state index in [0.29, 0.717) is 22.0 Å². The number of amides is 1. The van der Waals surface area contributed by atoms with E-state index in [4.69, 9.17) is 5.73 Å². The van der Waals surface area contributed by atoms with Gasteiger partial charge in [0.1, 0.15) is 4.88 Å². The molecule has 1 aromatic heterocycles. The van der Waals surface area contributed by atoms with Gasteiger partial charge in [0, 0.05) is 13.1 Å². The molecule has 0 saturated heterocycles. The molecule has 1 atom stereocenters. The first kappa shape index (κ1) is 11.4. The summed E-state index contributed by atoms with van der Waals surface area (Å²) in [6.07, 6.45) is 2.48. The van der Waals surface area contributed by atoms with E-state index < -0.39 is 0 Å². The van der Waals surface area contributed by atoms with Gasteiger partial charge in [0.25, 0.3) is 5.91 Å². The maximum absolute atomic E-state index is 12.2. The number of anilines is 1. The minimum absolute atomic E-state index is 0.0473. The van der Waals surface area contributed by atoms with Crippen LogP contribution in [0.25, 0.3) is 0 Å². The zero-order chi connectivity index (χ0) is 11.9. The average molecular weight is 239 g/mol. The Balaban J connectivity index is 2.14. The number of carbonyl (C=O) groups is 1. The molecule has 4 nitrogen and oxygen atoms in total. The summed E-state index contributed by atoms with van der Waals surface area (Å²) in [5.41, 5.74) is 6.34. The predicted octanol–water partition coefficient (Wildman–Crippen LogP) is 1.90. The summed E-state index contributed by atoms with van der Waals surface area (Å²) in [4.78, 5) is 18.8. The fourth-order valence-corrected chi connectivity index (χ4v) is 2.67. The lowest BCUT2D eigenvalue weighted by Crippen LogP contribution is -2.36. The van der Waals surface area contributed by atoms with Crippen molar-refractivity contribution in [2.45, 2.75) is 32.7 Å². The van der Waals surface area contributed by atoms with E-state index in [2.05, 4.69) is 11.9 Å². The predicted molar refractivity (Wildman–Crippen MR) is 65.5 cm³/mol. The second-order valence-corrected chi connectivity index (χ2v) is 5.49. The molecule has 1 unspecified atom stereocenters. The van der Waals surface area contributed by atoms with Crippen LogP contribution in [0.3, 0.4) is 0 Å². The number of hydrogen-bond donors (Lipinski definition) is 1. The monoisotopic (exact) mass is 239 g/mol. The Bertz CT molecular complexity index is 411. The molecule has 2 N–H and O–H groups in total. The average Bonchev–Trinajstić information content (AvgIpc) is 3.02. The molecule has 1 saturated carbocycles. The lowest BCUT2D eigenvalue weighted by Gasteiger charge is -2.24. The SMILES string of the molecule is Cc1nc(N)sc1C(=O)N(C)C(C)C1CC1. The molecular formula is C11H17N3OS. The number of rotatable bonds is 3. The van der Waals surface area contributed by atoms with Gasteiger partial charge in [0.15, 0.2) is 5.13 Å². The Morgan fingerprint density at radius 3 is 2.69 bits per heavy atom. The number of thiazole rings is 1. The van der Waals surface area contributed by atoms with Crippen LogP contribution < -0.4 is 5.73 Å². The van der Waals surface area contributed by atoms with Gasteiger partial charge in [-0.1, -0.05) is 11.3 Å². The smallest absolute Gasteiger partial charge is 0.265 e. The fraction of sp³-hybridized carbons (Fsp3) is 0.636. The van der Waals surface area contributed by atoms with Crippen LogP contribution in [0.2, 0.25) is 0 Å². The van der Waals surface area contributed by atoms with Crippen LogP contribution in [-0.2, 0) is 0 Å². The molecule has 1 heterocycles. The maximum atomic E-state index is 12.2. The first-order valence-electron chi connectivity index (χ1n) is 5.50. The lowest BCUT2D eigenvalue weighted by molar-refractivity contribution is 0.0731. The van der Waals surface area contributed by atoms with Crippen LogP contribution >= 0.6 is 11.3 Å². The van der Waals surface area contributed by atoms with Crippen LogP contribution in [0.4, 0.5) is 5.13 Å². The Kier molecular flexibility index (Phi) is 2.88. The van der Waals surface area contributed by atoms with Crippen molar-refractivity contribution in [3.05, 3.63) is 10.6 Å². The highest BCUT2D eigenvalue weighted by Crippen LogP contribution is 2.35. The second kappa shape index (κ2) is 4.05. The van der Waals surface area contributed by atoms with Crippen LogP contribution in [0, 0.1) is 12.8 Å². The van der Waals surface area contributed by atoms with Gasteiger partial charge in [-0.25, -0.2) is 4.98 Å². The number of nitrogens with zero attached hydrogens (tertiary/aromatic N) is 2. The molecule has 1 aliphatic rings. The van der Waals surface area contributed by atoms with Crippen LogP contribution in [0.15, 0.2) is 0 Å². The normalized spacial score (nSPS) is 17.2. The van der Waals surface area contributed by atoms with E-state index in [-0.39, 0.29) is 5.91 Å². The van der Waals surface area contributed by atoms with Crippen LogP contribution in [0.5, 0.6) is 0 Å². The standard InChI is InChI=1S/C11H17N3OS/c1-6-9(16-11(12)13-6)10(15)14(3)7(2)8-4-5-8/h7-8H,4-5H2,1-3H3,(H2,12,13). The third kappa shape index (κ3) is 2.04. The van der Waals surface area contributed by atoms with Crippen molar-refractivity contribution in [2.24, 2.45) is 5.92 Å². The van der Waals surface area contributed by atoms with E-state index in [1.165, 1.54) is 24.2 Å². The number of aromatic nitrogens is 1. The summed E-state index contributed by atoms with van der Waals surface area (Å²) >= 11 is 1.28. The molecule has 0 aliphatic heterocycles. The molecule has 1 amide bonds. The third-order valence-corrected chi connectivity index (χ3v) is 4.22. The van der Waals surface area contributed by atoms with Crippen LogP contribution in [0.1, 0.15) is 35.1 Å². The minimum atomic E-state index is 0.0473. The molecule has 0 bridgehead atoms. The molecule has 0 spiro atoms. The van der Waals surface area contributed by atoms with E-state index in [1.807, 2.05) is 18.9 Å². The van der Waals surface area contributed by atoms with Gasteiger partial charge in [-0.15, -0.1) is 0 Å². The Morgan fingerprint density at radius 1 is 1.62 bits per heavy atom. The minimum Gasteiger partial charge on any atom is -0.375 e. The Morgan fingerprint density at radius 2 is 2.25 bits per heavy atom. The van der Waals surface area contributed by atoms with Gasteiger partial charge in [0.2, 0.25) is 0 Å². The van der Waals surface area contributed by atoms with Gasteiger partial charge < -0.3 is 10.6 Å². The molecule has 16 heavy (non-hydrogen) atoms. The maximum Gasteiger partial charge on any atom is 0.265 e. The van der Waals surface area contributed by atoms with E-state index in [1.54, 1.807) is 0 Å². The highest BCUT2D eigenvalue weighted by molar-refractivity contribution is 7.17. The van der Waals surface area contributed by atoms with Crippen molar-refractivity contribution in [1.82, 2.24) is 9.88 Å². The topological polar surface area (TPSA) is 59.2 Å². The van der Waals surface area contributed by atoms with E-state index >= 15 is 0 Å². The number of nitrogens with two attached hydrogens (primary N) is 1. The molecule has 2 rings (SSSR count). The molecule has 0 aromatic carbocycles. The molecule has 88 valence electrons. The highest BCUT2D eigenvalue weighted by Gasteiger charge is 2.33. The number of hydrogen-bond acceptors (Lipinski definition) is 4. The molecule has 1 fully saturated rings. The second-order valence-electron chi connectivity index (χ2n) is 4.46. The number of carbonyl (C=O) groups excluding carboxylic acids is 1. The van der Waals surface area contributed by atoms with Gasteiger partial charge in [-0.05, 0) is 32.6 Å². The molecule has 1 aromatic rings.